The molecule has 0 fully saturated rings. The van der Waals surface area contributed by atoms with E-state index in [2.05, 4.69) is 0 Å². The molecule has 0 aliphatic carbocycles. The molecule has 0 aliphatic rings. The van der Waals surface area contributed by atoms with E-state index in [0.29, 0.717) is 11.1 Å². The van der Waals surface area contributed by atoms with Crippen LogP contribution in [0, 0.1) is 20.8 Å². The summed E-state index contributed by atoms with van der Waals surface area (Å²) in [5, 5.41) is 11.5. The maximum Gasteiger partial charge on any atom is 0.337 e. The Bertz CT molecular complexity index is 1260. The Morgan fingerprint density at radius 1 is 1.00 bits per heavy atom. The number of amides is 1. The summed E-state index contributed by atoms with van der Waals surface area (Å²) in [7, 11) is -2.58. The van der Waals surface area contributed by atoms with Crippen LogP contribution in [0.1, 0.15) is 31.9 Å². The van der Waals surface area contributed by atoms with E-state index in [1.165, 1.54) is 29.4 Å². The fraction of sp³-hybridized carbons (Fsp3) is 0.250. The number of hydrogen-bond acceptors (Lipinski definition) is 5. The fourth-order valence-corrected chi connectivity index (χ4v) is 6.06. The van der Waals surface area contributed by atoms with Crippen molar-refractivity contribution in [1.29, 1.82) is 0 Å². The molecule has 0 unspecified atom stereocenters. The van der Waals surface area contributed by atoms with Crippen molar-refractivity contribution >= 4 is 38.9 Å². The van der Waals surface area contributed by atoms with Crippen molar-refractivity contribution in [2.75, 3.05) is 18.5 Å². The molecule has 2 aromatic carbocycles. The first-order chi connectivity index (χ1) is 15.5. The topological polar surface area (TPSA) is 95.0 Å². The summed E-state index contributed by atoms with van der Waals surface area (Å²) in [6.45, 7) is 5.06. The molecule has 7 nitrogen and oxygen atoms in total. The van der Waals surface area contributed by atoms with E-state index >= 15 is 0 Å². The Labute approximate surface area is 198 Å². The minimum absolute atomic E-state index is 0.0295. The van der Waals surface area contributed by atoms with Gasteiger partial charge in [0.15, 0.2) is 0 Å². The summed E-state index contributed by atoms with van der Waals surface area (Å²) in [4.78, 5) is 27.5. The number of nitrogens with zero attached hydrogens (tertiary/aromatic N) is 2. The molecule has 174 valence electrons. The number of carbonyl (C=O) groups excluding carboxylic acids is 1. The molecular formula is C24H26N2O5S2. The number of para-hydroxylation sites is 1. The van der Waals surface area contributed by atoms with Crippen LogP contribution in [0.2, 0.25) is 0 Å². The summed E-state index contributed by atoms with van der Waals surface area (Å²) in [6.07, 6.45) is 0. The molecule has 0 radical (unpaired) electrons. The molecule has 9 heteroatoms. The second-order valence-corrected chi connectivity index (χ2v) is 10.9. The largest absolute Gasteiger partial charge is 0.478 e. The van der Waals surface area contributed by atoms with Crippen LogP contribution in [0.4, 0.5) is 5.69 Å². The van der Waals surface area contributed by atoms with Crippen LogP contribution in [0.15, 0.2) is 58.8 Å². The van der Waals surface area contributed by atoms with Gasteiger partial charge in [-0.3, -0.25) is 4.79 Å². The van der Waals surface area contributed by atoms with E-state index in [0.717, 1.165) is 14.7 Å². The highest BCUT2D eigenvalue weighted by Gasteiger charge is 2.30. The van der Waals surface area contributed by atoms with Gasteiger partial charge >= 0.3 is 5.97 Å². The number of hydrogen-bond donors (Lipinski definition) is 1. The Hall–Kier alpha value is -3.01. The van der Waals surface area contributed by atoms with Gasteiger partial charge in [0, 0.05) is 11.9 Å². The monoisotopic (exact) mass is 486 g/mol. The lowest BCUT2D eigenvalue weighted by molar-refractivity contribution is -0.118. The van der Waals surface area contributed by atoms with Gasteiger partial charge in [-0.2, -0.15) is 4.31 Å². The van der Waals surface area contributed by atoms with Crippen LogP contribution in [0.25, 0.3) is 0 Å². The van der Waals surface area contributed by atoms with Gasteiger partial charge in [0.2, 0.25) is 15.9 Å². The zero-order chi connectivity index (χ0) is 24.3. The number of thiophene rings is 1. The fourth-order valence-electron chi connectivity index (χ4n) is 3.85. The maximum atomic E-state index is 13.4. The molecule has 1 amide bonds. The van der Waals surface area contributed by atoms with E-state index in [9.17, 15) is 23.1 Å². The number of carboxylic acid groups (broad SMARTS) is 1. The lowest BCUT2D eigenvalue weighted by atomic mass is 10.1. The van der Waals surface area contributed by atoms with Gasteiger partial charge in [0.25, 0.3) is 0 Å². The highest BCUT2D eigenvalue weighted by Crippen LogP contribution is 2.27. The predicted octanol–water partition coefficient (Wildman–Crippen LogP) is 4.23. The van der Waals surface area contributed by atoms with Crippen LogP contribution in [0.3, 0.4) is 0 Å². The number of carbonyl (C=O) groups is 2. The minimum atomic E-state index is -3.94. The number of rotatable bonds is 8. The minimum Gasteiger partial charge on any atom is -0.478 e. The van der Waals surface area contributed by atoms with Crippen molar-refractivity contribution in [3.8, 4) is 0 Å². The standard InChI is InChI=1S/C24H26N2O5S2/c1-16-12-17(2)23(18(3)13-16)33(30,31)25(4)15-22(27)26(14-19-8-7-11-32-19)21-10-6-5-9-20(21)24(28)29/h5-13H,14-15H2,1-4H3,(H,28,29). The van der Waals surface area contributed by atoms with E-state index in [1.54, 1.807) is 44.2 Å². The third-order valence-electron chi connectivity index (χ3n) is 5.25. The summed E-state index contributed by atoms with van der Waals surface area (Å²) >= 11 is 1.43. The van der Waals surface area contributed by atoms with Crippen molar-refractivity contribution < 1.29 is 23.1 Å². The first-order valence-electron chi connectivity index (χ1n) is 10.2. The Morgan fingerprint density at radius 3 is 2.21 bits per heavy atom. The molecule has 3 aromatic rings. The van der Waals surface area contributed by atoms with Gasteiger partial charge in [-0.25, -0.2) is 13.2 Å². The average Bonchev–Trinajstić information content (AvgIpc) is 3.24. The van der Waals surface area contributed by atoms with Crippen molar-refractivity contribution in [2.45, 2.75) is 32.2 Å². The van der Waals surface area contributed by atoms with Crippen molar-refractivity contribution in [3.63, 3.8) is 0 Å². The summed E-state index contributed by atoms with van der Waals surface area (Å²) in [6, 6.07) is 13.5. The normalized spacial score (nSPS) is 11.5. The van der Waals surface area contributed by atoms with E-state index in [4.69, 9.17) is 0 Å². The third-order valence-corrected chi connectivity index (χ3v) is 8.22. The number of carboxylic acids is 1. The van der Waals surface area contributed by atoms with E-state index in [-0.39, 0.29) is 22.7 Å². The molecule has 0 aliphatic heterocycles. The molecule has 0 saturated carbocycles. The number of benzene rings is 2. The van der Waals surface area contributed by atoms with Crippen LogP contribution in [-0.2, 0) is 21.4 Å². The van der Waals surface area contributed by atoms with Gasteiger partial charge in [-0.15, -0.1) is 11.3 Å². The molecule has 3 rings (SSSR count). The van der Waals surface area contributed by atoms with Crippen molar-refractivity contribution in [3.05, 3.63) is 81.0 Å². The Morgan fingerprint density at radius 2 is 1.64 bits per heavy atom. The molecule has 33 heavy (non-hydrogen) atoms. The predicted molar refractivity (Wildman–Crippen MR) is 129 cm³/mol. The first-order valence-corrected chi connectivity index (χ1v) is 12.5. The summed E-state index contributed by atoms with van der Waals surface area (Å²) < 4.78 is 27.7. The second-order valence-electron chi connectivity index (χ2n) is 7.87. The van der Waals surface area contributed by atoms with Crippen LogP contribution >= 0.6 is 11.3 Å². The van der Waals surface area contributed by atoms with Gasteiger partial charge in [-0.1, -0.05) is 35.9 Å². The number of aryl methyl sites for hydroxylation is 3. The maximum absolute atomic E-state index is 13.4. The number of likely N-dealkylation sites (N-methyl/N-ethyl adjacent to an activating group) is 1. The number of anilines is 1. The zero-order valence-electron chi connectivity index (χ0n) is 18.9. The molecule has 0 bridgehead atoms. The van der Waals surface area contributed by atoms with Gasteiger partial charge in [0.1, 0.15) is 0 Å². The zero-order valence-corrected chi connectivity index (χ0v) is 20.5. The van der Waals surface area contributed by atoms with Crippen LogP contribution < -0.4 is 4.90 Å². The molecule has 0 atom stereocenters. The molecule has 1 aromatic heterocycles. The smallest absolute Gasteiger partial charge is 0.337 e. The highest BCUT2D eigenvalue weighted by atomic mass is 32.2. The molecule has 0 saturated heterocycles. The Balaban J connectivity index is 1.97. The number of aromatic carboxylic acids is 1. The molecule has 0 spiro atoms. The van der Waals surface area contributed by atoms with Gasteiger partial charge in [-0.05, 0) is 55.5 Å². The second kappa shape index (κ2) is 9.86. The van der Waals surface area contributed by atoms with Crippen molar-refractivity contribution in [2.24, 2.45) is 0 Å². The third kappa shape index (κ3) is 5.32. The summed E-state index contributed by atoms with van der Waals surface area (Å²) in [5.41, 5.74) is 2.36. The average molecular weight is 487 g/mol. The molecule has 1 N–H and O–H groups in total. The lowest BCUT2D eigenvalue weighted by Crippen LogP contribution is -2.41. The SMILES string of the molecule is Cc1cc(C)c(S(=O)(=O)N(C)CC(=O)N(Cc2cccs2)c2ccccc2C(=O)O)c(C)c1. The number of sulfonamides is 1. The first kappa shape index (κ1) is 24.6. The quantitative estimate of drug-likeness (QED) is 0.514. The highest BCUT2D eigenvalue weighted by molar-refractivity contribution is 7.89. The van der Waals surface area contributed by atoms with Crippen LogP contribution in [-0.4, -0.2) is 43.3 Å². The molecular weight excluding hydrogens is 460 g/mol. The molecule has 1 heterocycles. The summed E-state index contributed by atoms with van der Waals surface area (Å²) in [5.74, 6) is -1.69. The van der Waals surface area contributed by atoms with Crippen LogP contribution in [0.5, 0.6) is 0 Å². The van der Waals surface area contributed by atoms with E-state index < -0.39 is 28.4 Å². The van der Waals surface area contributed by atoms with Gasteiger partial charge < -0.3 is 10.0 Å². The lowest BCUT2D eigenvalue weighted by Gasteiger charge is -2.27. The van der Waals surface area contributed by atoms with Crippen molar-refractivity contribution in [1.82, 2.24) is 4.31 Å². The van der Waals surface area contributed by atoms with E-state index in [1.807, 2.05) is 24.4 Å². The Kier molecular flexibility index (Phi) is 7.36. The van der Waals surface area contributed by atoms with Gasteiger partial charge in [0.05, 0.1) is 29.2 Å².